The van der Waals surface area contributed by atoms with E-state index in [0.717, 1.165) is 6.04 Å². The number of benzene rings is 1. The highest BCUT2D eigenvalue weighted by Gasteiger charge is 2.58. The molecule has 0 bridgehead atoms. The van der Waals surface area contributed by atoms with Crippen LogP contribution >= 0.6 is 0 Å². The van der Waals surface area contributed by atoms with Crippen molar-refractivity contribution in [2.75, 3.05) is 7.05 Å². The summed E-state index contributed by atoms with van der Waals surface area (Å²) in [6.07, 6.45) is 3.36. The van der Waals surface area contributed by atoms with Crippen molar-refractivity contribution in [3.63, 3.8) is 0 Å². The Morgan fingerprint density at radius 2 is 2.20 bits per heavy atom. The number of rotatable bonds is 1. The van der Waals surface area contributed by atoms with E-state index in [1.54, 1.807) is 0 Å². The maximum Gasteiger partial charge on any atom is 0.0532 e. The SMILES string of the molecule is C=CC1c2ccccc2C2(C)CC2N1C. The van der Waals surface area contributed by atoms with Crippen molar-refractivity contribution < 1.29 is 0 Å². The van der Waals surface area contributed by atoms with Gasteiger partial charge in [-0.05, 0) is 24.6 Å². The fourth-order valence-electron chi connectivity index (χ4n) is 3.21. The fraction of sp³-hybridized carbons (Fsp3) is 0.429. The van der Waals surface area contributed by atoms with Crippen molar-refractivity contribution in [2.24, 2.45) is 0 Å². The molecule has 15 heavy (non-hydrogen) atoms. The van der Waals surface area contributed by atoms with Crippen molar-refractivity contribution >= 4 is 0 Å². The molecule has 1 saturated carbocycles. The normalized spacial score (nSPS) is 38.0. The molecule has 1 heteroatoms. The molecule has 3 rings (SSSR count). The Kier molecular flexibility index (Phi) is 1.67. The summed E-state index contributed by atoms with van der Waals surface area (Å²) in [6.45, 7) is 6.35. The Bertz CT molecular complexity index is 423. The van der Waals surface area contributed by atoms with Crippen LogP contribution in [0.15, 0.2) is 36.9 Å². The van der Waals surface area contributed by atoms with Gasteiger partial charge < -0.3 is 0 Å². The summed E-state index contributed by atoms with van der Waals surface area (Å²) in [5.41, 5.74) is 3.40. The Labute approximate surface area is 91.4 Å². The third-order valence-corrected chi connectivity index (χ3v) is 4.24. The van der Waals surface area contributed by atoms with E-state index in [0.29, 0.717) is 11.5 Å². The van der Waals surface area contributed by atoms with E-state index in [-0.39, 0.29) is 0 Å². The van der Waals surface area contributed by atoms with Crippen LogP contribution in [0.2, 0.25) is 0 Å². The van der Waals surface area contributed by atoms with Crippen LogP contribution in [0, 0.1) is 0 Å². The first-order valence-electron chi connectivity index (χ1n) is 5.62. The molecule has 1 nitrogen and oxygen atoms in total. The highest BCUT2D eigenvalue weighted by atomic mass is 15.2. The second-order valence-electron chi connectivity index (χ2n) is 5.07. The van der Waals surface area contributed by atoms with Crippen LogP contribution in [-0.2, 0) is 5.41 Å². The van der Waals surface area contributed by atoms with Crippen LogP contribution in [0.1, 0.15) is 30.5 Å². The average molecular weight is 199 g/mol. The summed E-state index contributed by atoms with van der Waals surface area (Å²) in [5.74, 6) is 0. The van der Waals surface area contributed by atoms with Crippen LogP contribution in [0.25, 0.3) is 0 Å². The Hall–Kier alpha value is -1.08. The van der Waals surface area contributed by atoms with Gasteiger partial charge in [-0.15, -0.1) is 6.58 Å². The largest absolute Gasteiger partial charge is 0.292 e. The topological polar surface area (TPSA) is 3.24 Å². The van der Waals surface area contributed by atoms with E-state index in [1.807, 2.05) is 0 Å². The minimum atomic E-state index is 0.404. The van der Waals surface area contributed by atoms with Crippen molar-refractivity contribution in [2.45, 2.75) is 30.8 Å². The molecule has 1 aliphatic carbocycles. The first-order chi connectivity index (χ1) is 7.18. The lowest BCUT2D eigenvalue weighted by Gasteiger charge is -2.35. The Morgan fingerprint density at radius 1 is 1.47 bits per heavy atom. The molecule has 3 unspecified atom stereocenters. The number of likely N-dealkylation sites (N-methyl/N-ethyl adjacent to an activating group) is 1. The lowest BCUT2D eigenvalue weighted by Crippen LogP contribution is -2.35. The first kappa shape index (κ1) is 9.17. The zero-order valence-corrected chi connectivity index (χ0v) is 9.40. The number of nitrogens with zero attached hydrogens (tertiary/aromatic N) is 1. The molecule has 1 aromatic rings. The van der Waals surface area contributed by atoms with Gasteiger partial charge in [0.1, 0.15) is 0 Å². The molecule has 0 spiro atoms. The standard InChI is InChI=1S/C14H17N/c1-4-12-10-7-5-6-8-11(10)14(2)9-13(14)15(12)3/h4-8,12-13H,1,9H2,2-3H3. The predicted octanol–water partition coefficient (Wildman–Crippen LogP) is 2.89. The van der Waals surface area contributed by atoms with Gasteiger partial charge in [0.2, 0.25) is 0 Å². The first-order valence-corrected chi connectivity index (χ1v) is 5.62. The molecule has 0 aromatic heterocycles. The monoisotopic (exact) mass is 199 g/mol. The highest BCUT2D eigenvalue weighted by molar-refractivity contribution is 5.47. The van der Waals surface area contributed by atoms with Gasteiger partial charge in [0.25, 0.3) is 0 Å². The quantitative estimate of drug-likeness (QED) is 0.629. The van der Waals surface area contributed by atoms with E-state index in [4.69, 9.17) is 0 Å². The van der Waals surface area contributed by atoms with Gasteiger partial charge >= 0.3 is 0 Å². The molecule has 0 saturated heterocycles. The summed E-state index contributed by atoms with van der Waals surface area (Å²) in [5, 5.41) is 0. The number of hydrogen-bond donors (Lipinski definition) is 0. The molecule has 1 aromatic carbocycles. The zero-order chi connectivity index (χ0) is 10.6. The summed E-state index contributed by atoms with van der Waals surface area (Å²) < 4.78 is 0. The maximum absolute atomic E-state index is 3.97. The van der Waals surface area contributed by atoms with Crippen LogP contribution < -0.4 is 0 Å². The zero-order valence-electron chi connectivity index (χ0n) is 9.40. The second-order valence-corrected chi connectivity index (χ2v) is 5.07. The van der Waals surface area contributed by atoms with E-state index in [2.05, 4.69) is 55.8 Å². The molecular weight excluding hydrogens is 182 g/mol. The second kappa shape index (κ2) is 2.73. The minimum Gasteiger partial charge on any atom is -0.292 e. The van der Waals surface area contributed by atoms with Crippen LogP contribution in [0.4, 0.5) is 0 Å². The molecular formula is C14H17N. The van der Waals surface area contributed by atoms with Gasteiger partial charge in [0, 0.05) is 11.5 Å². The molecule has 78 valence electrons. The summed E-state index contributed by atoms with van der Waals surface area (Å²) in [7, 11) is 2.22. The van der Waals surface area contributed by atoms with E-state index in [9.17, 15) is 0 Å². The van der Waals surface area contributed by atoms with Gasteiger partial charge in [0.05, 0.1) is 6.04 Å². The van der Waals surface area contributed by atoms with E-state index in [1.165, 1.54) is 17.5 Å². The molecule has 0 N–H and O–H groups in total. The molecule has 3 atom stereocenters. The molecule has 0 radical (unpaired) electrons. The van der Waals surface area contributed by atoms with Gasteiger partial charge in [-0.25, -0.2) is 0 Å². The predicted molar refractivity (Wildman–Crippen MR) is 62.9 cm³/mol. The lowest BCUT2D eigenvalue weighted by molar-refractivity contribution is 0.240. The molecule has 1 aliphatic heterocycles. The van der Waals surface area contributed by atoms with Crippen molar-refractivity contribution in [3.05, 3.63) is 48.0 Å². The molecule has 0 amide bonds. The van der Waals surface area contributed by atoms with E-state index >= 15 is 0 Å². The van der Waals surface area contributed by atoms with Crippen LogP contribution in [0.5, 0.6) is 0 Å². The number of hydrogen-bond acceptors (Lipinski definition) is 1. The Balaban J connectivity index is 2.20. The summed E-state index contributed by atoms with van der Waals surface area (Å²) >= 11 is 0. The molecule has 1 fully saturated rings. The summed E-state index contributed by atoms with van der Waals surface area (Å²) in [4.78, 5) is 2.47. The third-order valence-electron chi connectivity index (χ3n) is 4.24. The highest BCUT2D eigenvalue weighted by Crippen LogP contribution is 2.58. The van der Waals surface area contributed by atoms with Gasteiger partial charge in [-0.1, -0.05) is 37.3 Å². The van der Waals surface area contributed by atoms with Crippen LogP contribution in [-0.4, -0.2) is 18.0 Å². The lowest BCUT2D eigenvalue weighted by atomic mass is 9.85. The Morgan fingerprint density at radius 3 is 2.93 bits per heavy atom. The fourth-order valence-corrected chi connectivity index (χ4v) is 3.21. The molecule has 1 heterocycles. The minimum absolute atomic E-state index is 0.404. The van der Waals surface area contributed by atoms with Crippen molar-refractivity contribution in [1.29, 1.82) is 0 Å². The third kappa shape index (κ3) is 1.02. The van der Waals surface area contributed by atoms with Gasteiger partial charge in [-0.2, -0.15) is 0 Å². The smallest absolute Gasteiger partial charge is 0.0532 e. The van der Waals surface area contributed by atoms with Gasteiger partial charge in [0.15, 0.2) is 0 Å². The van der Waals surface area contributed by atoms with Crippen molar-refractivity contribution in [3.8, 4) is 0 Å². The van der Waals surface area contributed by atoms with E-state index < -0.39 is 0 Å². The maximum atomic E-state index is 3.97. The van der Waals surface area contributed by atoms with Crippen molar-refractivity contribution in [1.82, 2.24) is 4.90 Å². The van der Waals surface area contributed by atoms with Gasteiger partial charge in [-0.3, -0.25) is 4.90 Å². The average Bonchev–Trinajstić information content (AvgIpc) is 2.94. The molecule has 2 aliphatic rings. The van der Waals surface area contributed by atoms with Crippen LogP contribution in [0.3, 0.4) is 0 Å². The number of fused-ring (bicyclic) bond motifs is 3. The summed E-state index contributed by atoms with van der Waals surface area (Å²) in [6, 6.07) is 9.95.